The van der Waals surface area contributed by atoms with Crippen LogP contribution in [0.3, 0.4) is 0 Å². The number of rotatable bonds is 8. The molecule has 320 valence electrons. The normalized spacial score (nSPS) is 24.2. The highest BCUT2D eigenvalue weighted by atomic mass is 35.5. The molecule has 0 aliphatic heterocycles. The highest BCUT2D eigenvalue weighted by Gasteiger charge is 2.51. The van der Waals surface area contributed by atoms with Crippen molar-refractivity contribution in [3.8, 4) is 45.3 Å². The molecule has 8 atom stereocenters. The van der Waals surface area contributed by atoms with Gasteiger partial charge in [0.15, 0.2) is 0 Å². The lowest BCUT2D eigenvalue weighted by atomic mass is 9.89. The number of benzene rings is 4. The standard InChI is InChI=1S/C24H24Cl2N2O2.C16H11Cl3N2O2.C7H13N/c1-12-6-14-8-17(14)16(12)9-21-27-11-15-7-13(4-5-18(15)28-21)22-23(25)19(29-2)10-20(30-3)24(22)26;1-22-11-6-12(23-2)15(18)13(14(11)17)8-3-4-10-9(5-8)7-20-16(19)21-10;1-4-2-5-3-6(5)7(4)8/h4-5,7,10-12,14,16-17H,6,8-9H2,1-3H3;3-7H,1-2H3;4-7H,2-3,8H2,1H3/t12-,14+,16-,17-;;4-,5+,6-,7-/m0.0/s1. The van der Waals surface area contributed by atoms with Crippen molar-refractivity contribution >= 4 is 79.8 Å². The van der Waals surface area contributed by atoms with Gasteiger partial charge in [-0.1, -0.05) is 72.4 Å². The Balaban J connectivity index is 0.000000145. The van der Waals surface area contributed by atoms with Gasteiger partial charge < -0.3 is 24.7 Å². The largest absolute Gasteiger partial charge is 0.495 e. The molecular weight excluding hydrogens is 876 g/mol. The van der Waals surface area contributed by atoms with Crippen LogP contribution < -0.4 is 24.7 Å². The summed E-state index contributed by atoms with van der Waals surface area (Å²) in [7, 11) is 6.22. The molecule has 61 heavy (non-hydrogen) atoms. The predicted molar refractivity (Wildman–Crippen MR) is 247 cm³/mol. The van der Waals surface area contributed by atoms with Crippen LogP contribution in [0.1, 0.15) is 45.4 Å². The average Bonchev–Trinajstić information content (AvgIpc) is 4.16. The third-order valence-electron chi connectivity index (χ3n) is 13.1. The number of hydrogen-bond donors (Lipinski definition) is 1. The Morgan fingerprint density at radius 2 is 1.03 bits per heavy atom. The third kappa shape index (κ3) is 8.89. The fourth-order valence-corrected chi connectivity index (χ4v) is 11.1. The summed E-state index contributed by atoms with van der Waals surface area (Å²) < 4.78 is 21.4. The number of fused-ring (bicyclic) bond motifs is 4. The summed E-state index contributed by atoms with van der Waals surface area (Å²) in [6, 6.07) is 15.5. The van der Waals surface area contributed by atoms with Crippen LogP contribution in [0.5, 0.6) is 23.0 Å². The summed E-state index contributed by atoms with van der Waals surface area (Å²) in [6.07, 6.45) is 10.1. The quantitative estimate of drug-likeness (QED) is 0.149. The molecule has 2 heterocycles. The molecule has 2 N–H and O–H groups in total. The number of nitrogens with two attached hydrogens (primary N) is 1. The number of ether oxygens (including phenoxy) is 4. The van der Waals surface area contributed by atoms with Crippen LogP contribution >= 0.6 is 58.0 Å². The van der Waals surface area contributed by atoms with E-state index in [-0.39, 0.29) is 5.28 Å². The molecular formula is C47H48Cl5N5O4. The first-order valence-corrected chi connectivity index (χ1v) is 22.4. The number of hydrogen-bond acceptors (Lipinski definition) is 9. The van der Waals surface area contributed by atoms with E-state index in [1.807, 2.05) is 42.6 Å². The first-order valence-electron chi connectivity index (χ1n) is 20.5. The van der Waals surface area contributed by atoms with Gasteiger partial charge in [-0.15, -0.1) is 0 Å². The molecule has 0 unspecified atom stereocenters. The van der Waals surface area contributed by atoms with Crippen LogP contribution in [0.4, 0.5) is 0 Å². The van der Waals surface area contributed by atoms with Gasteiger partial charge in [-0.2, -0.15) is 0 Å². The summed E-state index contributed by atoms with van der Waals surface area (Å²) in [5, 5.41) is 3.70. The van der Waals surface area contributed by atoms with Gasteiger partial charge in [-0.25, -0.2) is 19.9 Å². The molecule has 4 aromatic carbocycles. The zero-order chi connectivity index (χ0) is 43.3. The van der Waals surface area contributed by atoms with Gasteiger partial charge in [0, 0.05) is 58.9 Å². The Morgan fingerprint density at radius 1 is 0.574 bits per heavy atom. The van der Waals surface area contributed by atoms with E-state index in [1.54, 1.807) is 32.5 Å². The fourth-order valence-electron chi connectivity index (χ4n) is 9.54. The Morgan fingerprint density at radius 3 is 1.46 bits per heavy atom. The lowest BCUT2D eigenvalue weighted by Gasteiger charge is -2.18. The molecule has 0 bridgehead atoms. The smallest absolute Gasteiger partial charge is 0.222 e. The minimum absolute atomic E-state index is 0.198. The minimum atomic E-state index is 0.198. The topological polar surface area (TPSA) is 114 Å². The van der Waals surface area contributed by atoms with Gasteiger partial charge in [-0.05, 0) is 114 Å². The van der Waals surface area contributed by atoms with Crippen molar-refractivity contribution in [2.75, 3.05) is 28.4 Å². The fraction of sp³-hybridized carbons (Fsp3) is 0.404. The zero-order valence-electron chi connectivity index (χ0n) is 34.8. The van der Waals surface area contributed by atoms with Crippen molar-refractivity contribution in [2.45, 2.75) is 52.0 Å². The lowest BCUT2D eigenvalue weighted by Crippen LogP contribution is -2.26. The van der Waals surface area contributed by atoms with Crippen LogP contribution in [0.25, 0.3) is 44.1 Å². The number of halogens is 5. The molecule has 0 saturated heterocycles. The van der Waals surface area contributed by atoms with Crippen molar-refractivity contribution in [1.29, 1.82) is 0 Å². The van der Waals surface area contributed by atoms with E-state index in [1.165, 1.54) is 39.9 Å². The van der Waals surface area contributed by atoms with Crippen molar-refractivity contribution in [1.82, 2.24) is 19.9 Å². The van der Waals surface area contributed by atoms with Crippen LogP contribution in [0, 0.1) is 41.4 Å². The summed E-state index contributed by atoms with van der Waals surface area (Å²) in [4.78, 5) is 17.7. The summed E-state index contributed by atoms with van der Waals surface area (Å²) >= 11 is 31.8. The van der Waals surface area contributed by atoms with Crippen LogP contribution in [0.2, 0.25) is 25.4 Å². The molecule has 9 nitrogen and oxygen atoms in total. The number of nitrogens with zero attached hydrogens (tertiary/aromatic N) is 4. The van der Waals surface area contributed by atoms with E-state index >= 15 is 0 Å². The van der Waals surface area contributed by atoms with Crippen molar-refractivity contribution in [3.05, 3.63) is 92.1 Å². The Kier molecular flexibility index (Phi) is 13.0. The van der Waals surface area contributed by atoms with E-state index in [0.29, 0.717) is 60.3 Å². The maximum absolute atomic E-state index is 6.58. The molecule has 4 fully saturated rings. The van der Waals surface area contributed by atoms with E-state index < -0.39 is 0 Å². The van der Waals surface area contributed by atoms with Crippen LogP contribution in [0.15, 0.2) is 60.9 Å². The molecule has 6 aromatic rings. The van der Waals surface area contributed by atoms with Crippen molar-refractivity contribution in [2.24, 2.45) is 47.2 Å². The Bertz CT molecular complexity index is 2550. The molecule has 4 aliphatic carbocycles. The Hall–Kier alpha value is -3.83. The first-order chi connectivity index (χ1) is 29.3. The SMILES string of the molecule is COc1cc(OC)c(Cl)c(-c2ccc3nc(C[C@@H]4[C@H]5C[C@H]5C[C@@H]4C)ncc3c2)c1Cl.COc1cc(OC)c(Cl)c(-c2ccc3nc(Cl)ncc3c2)c1Cl.C[C@H]1C[C@@H]2C[C@@H]2[C@H]1N. The summed E-state index contributed by atoms with van der Waals surface area (Å²) in [5.41, 5.74) is 10.5. The molecule has 2 aromatic heterocycles. The predicted octanol–water partition coefficient (Wildman–Crippen LogP) is 12.7. The summed E-state index contributed by atoms with van der Waals surface area (Å²) in [6.45, 7) is 4.65. The van der Waals surface area contributed by atoms with Crippen LogP contribution in [-0.2, 0) is 6.42 Å². The average molecular weight is 924 g/mol. The van der Waals surface area contributed by atoms with E-state index in [4.69, 9.17) is 87.7 Å². The van der Waals surface area contributed by atoms with E-state index in [9.17, 15) is 0 Å². The second-order valence-electron chi connectivity index (χ2n) is 16.7. The number of methoxy groups -OCH3 is 4. The lowest BCUT2D eigenvalue weighted by molar-refractivity contribution is 0.354. The van der Waals surface area contributed by atoms with Gasteiger partial charge >= 0.3 is 0 Å². The van der Waals surface area contributed by atoms with Gasteiger partial charge in [-0.3, -0.25) is 0 Å². The van der Waals surface area contributed by atoms with Gasteiger partial charge in [0.2, 0.25) is 5.28 Å². The monoisotopic (exact) mass is 921 g/mol. The zero-order valence-corrected chi connectivity index (χ0v) is 38.6. The molecule has 4 saturated carbocycles. The molecule has 0 amide bonds. The minimum Gasteiger partial charge on any atom is -0.495 e. The Labute approximate surface area is 381 Å². The molecule has 10 rings (SSSR count). The summed E-state index contributed by atoms with van der Waals surface area (Å²) in [5.74, 6) is 9.10. The van der Waals surface area contributed by atoms with Gasteiger partial charge in [0.25, 0.3) is 0 Å². The third-order valence-corrected chi connectivity index (χ3v) is 14.7. The van der Waals surface area contributed by atoms with E-state index in [0.717, 1.165) is 86.6 Å². The number of aromatic nitrogens is 4. The van der Waals surface area contributed by atoms with Crippen molar-refractivity contribution in [3.63, 3.8) is 0 Å². The maximum Gasteiger partial charge on any atom is 0.222 e. The molecule has 4 aliphatic rings. The highest BCUT2D eigenvalue weighted by molar-refractivity contribution is 6.42. The van der Waals surface area contributed by atoms with E-state index in [2.05, 4.69) is 28.8 Å². The maximum atomic E-state index is 6.58. The second-order valence-corrected chi connectivity index (χ2v) is 18.6. The first kappa shape index (κ1) is 43.8. The highest BCUT2D eigenvalue weighted by Crippen LogP contribution is 2.58. The van der Waals surface area contributed by atoms with Gasteiger partial charge in [0.1, 0.15) is 28.8 Å². The van der Waals surface area contributed by atoms with Gasteiger partial charge in [0.05, 0.1) is 59.6 Å². The molecule has 14 heteroatoms. The second kappa shape index (κ2) is 18.1. The molecule has 0 spiro atoms. The van der Waals surface area contributed by atoms with Crippen LogP contribution in [-0.4, -0.2) is 54.4 Å². The molecule has 0 radical (unpaired) electrons. The van der Waals surface area contributed by atoms with Crippen molar-refractivity contribution < 1.29 is 18.9 Å².